The van der Waals surface area contributed by atoms with Crippen LogP contribution in [-0.4, -0.2) is 42.8 Å². The molecule has 0 aromatic heterocycles. The number of hydrogen-bond donors (Lipinski definition) is 2. The third-order valence-electron chi connectivity index (χ3n) is 5.45. The van der Waals surface area contributed by atoms with Crippen molar-refractivity contribution in [3.8, 4) is 0 Å². The molecule has 0 bridgehead atoms. The van der Waals surface area contributed by atoms with Gasteiger partial charge in [-0.25, -0.2) is 4.39 Å². The van der Waals surface area contributed by atoms with Crippen LogP contribution >= 0.6 is 0 Å². The maximum atomic E-state index is 14.8. The number of piperidine rings is 1. The summed E-state index contributed by atoms with van der Waals surface area (Å²) in [7, 11) is 0. The standard InChI is InChI=1S/C20H29FN2O3/c1-14-5-6-17(9-15(14)10-19(2,3)18(25)26)23(13-24)12-16-11-22-8-7-20(16,4)21/h5-6,9,13,16,22H,7-8,10-12H2,1-4H3,(H,25,26). The Kier molecular flexibility index (Phi) is 6.06. The van der Waals surface area contributed by atoms with Crippen LogP contribution < -0.4 is 10.2 Å². The summed E-state index contributed by atoms with van der Waals surface area (Å²) < 4.78 is 14.8. The topological polar surface area (TPSA) is 69.6 Å². The lowest BCUT2D eigenvalue weighted by Gasteiger charge is -2.37. The molecular weight excluding hydrogens is 335 g/mol. The smallest absolute Gasteiger partial charge is 0.309 e. The Hall–Kier alpha value is -1.95. The predicted octanol–water partition coefficient (Wildman–Crippen LogP) is 2.95. The fraction of sp³-hybridized carbons (Fsp3) is 0.600. The van der Waals surface area contributed by atoms with Crippen molar-refractivity contribution in [1.29, 1.82) is 0 Å². The zero-order valence-electron chi connectivity index (χ0n) is 16.0. The van der Waals surface area contributed by atoms with Crippen LogP contribution in [-0.2, 0) is 16.0 Å². The molecule has 0 radical (unpaired) electrons. The Labute approximate surface area is 154 Å². The second kappa shape index (κ2) is 7.74. The summed E-state index contributed by atoms with van der Waals surface area (Å²) in [5.74, 6) is -1.15. The quantitative estimate of drug-likeness (QED) is 0.730. The van der Waals surface area contributed by atoms with Crippen LogP contribution in [0.15, 0.2) is 18.2 Å². The Morgan fingerprint density at radius 1 is 1.50 bits per heavy atom. The average Bonchev–Trinajstić information content (AvgIpc) is 2.55. The zero-order chi connectivity index (χ0) is 19.5. The van der Waals surface area contributed by atoms with E-state index in [0.717, 1.165) is 17.5 Å². The molecule has 6 heteroatoms. The molecule has 26 heavy (non-hydrogen) atoms. The van der Waals surface area contributed by atoms with Crippen LogP contribution in [0, 0.1) is 18.3 Å². The molecule has 1 saturated heterocycles. The number of halogens is 1. The van der Waals surface area contributed by atoms with Crippen LogP contribution in [0.2, 0.25) is 0 Å². The summed E-state index contributed by atoms with van der Waals surface area (Å²) in [5, 5.41) is 12.6. The normalized spacial score (nSPS) is 23.5. The number of carboxylic acid groups (broad SMARTS) is 1. The lowest BCUT2D eigenvalue weighted by atomic mass is 9.83. The third kappa shape index (κ3) is 4.61. The van der Waals surface area contributed by atoms with E-state index < -0.39 is 17.1 Å². The second-order valence-electron chi connectivity index (χ2n) is 8.16. The van der Waals surface area contributed by atoms with Crippen molar-refractivity contribution in [2.24, 2.45) is 11.3 Å². The van der Waals surface area contributed by atoms with Gasteiger partial charge in [-0.3, -0.25) is 9.59 Å². The number of carboxylic acids is 1. The van der Waals surface area contributed by atoms with E-state index in [4.69, 9.17) is 0 Å². The summed E-state index contributed by atoms with van der Waals surface area (Å²) in [6.07, 6.45) is 1.51. The highest BCUT2D eigenvalue weighted by Crippen LogP contribution is 2.31. The minimum absolute atomic E-state index is 0.286. The van der Waals surface area contributed by atoms with Gasteiger partial charge in [-0.15, -0.1) is 0 Å². The lowest BCUT2D eigenvalue weighted by molar-refractivity contribution is -0.146. The van der Waals surface area contributed by atoms with Gasteiger partial charge in [-0.1, -0.05) is 6.07 Å². The molecule has 1 aromatic rings. The molecule has 1 heterocycles. The molecule has 2 rings (SSSR count). The number of nitrogens with zero attached hydrogens (tertiary/aromatic N) is 1. The molecule has 0 spiro atoms. The van der Waals surface area contributed by atoms with Crippen LogP contribution in [0.25, 0.3) is 0 Å². The van der Waals surface area contributed by atoms with Crippen molar-refractivity contribution >= 4 is 18.1 Å². The molecule has 1 fully saturated rings. The Morgan fingerprint density at radius 3 is 2.77 bits per heavy atom. The summed E-state index contributed by atoms with van der Waals surface area (Å²) in [4.78, 5) is 24.6. The van der Waals surface area contributed by atoms with Crippen molar-refractivity contribution in [3.63, 3.8) is 0 Å². The predicted molar refractivity (Wildman–Crippen MR) is 100 cm³/mol. The molecule has 2 N–H and O–H groups in total. The molecule has 1 aliphatic heterocycles. The van der Waals surface area contributed by atoms with Gasteiger partial charge in [0.2, 0.25) is 6.41 Å². The van der Waals surface area contributed by atoms with E-state index in [9.17, 15) is 19.1 Å². The summed E-state index contributed by atoms with van der Waals surface area (Å²) in [6.45, 7) is 8.34. The first kappa shape index (κ1) is 20.4. The number of anilines is 1. The highest BCUT2D eigenvalue weighted by molar-refractivity contribution is 5.76. The number of carbonyl (C=O) groups excluding carboxylic acids is 1. The van der Waals surface area contributed by atoms with Gasteiger partial charge in [0.15, 0.2) is 0 Å². The largest absolute Gasteiger partial charge is 0.481 e. The third-order valence-corrected chi connectivity index (χ3v) is 5.45. The Bertz CT molecular complexity index is 673. The average molecular weight is 364 g/mol. The van der Waals surface area contributed by atoms with Crippen molar-refractivity contribution in [3.05, 3.63) is 29.3 Å². The lowest BCUT2D eigenvalue weighted by Crippen LogP contribution is -2.50. The summed E-state index contributed by atoms with van der Waals surface area (Å²) in [5.41, 5.74) is 0.309. The first-order chi connectivity index (χ1) is 12.1. The molecule has 0 aliphatic carbocycles. The number of hydrogen-bond acceptors (Lipinski definition) is 3. The molecule has 1 amide bonds. The molecule has 5 nitrogen and oxygen atoms in total. The number of alkyl halides is 1. The van der Waals surface area contributed by atoms with E-state index in [0.29, 0.717) is 31.6 Å². The zero-order valence-corrected chi connectivity index (χ0v) is 16.0. The molecule has 144 valence electrons. The van der Waals surface area contributed by atoms with Gasteiger partial charge in [-0.05, 0) is 70.3 Å². The number of carbonyl (C=O) groups is 2. The first-order valence-corrected chi connectivity index (χ1v) is 9.01. The highest BCUT2D eigenvalue weighted by Gasteiger charge is 2.37. The number of benzene rings is 1. The molecule has 1 aliphatic rings. The highest BCUT2D eigenvalue weighted by atomic mass is 19.1. The minimum atomic E-state index is -1.31. The van der Waals surface area contributed by atoms with Crippen molar-refractivity contribution in [2.45, 2.75) is 46.2 Å². The fourth-order valence-electron chi connectivity index (χ4n) is 3.31. The van der Waals surface area contributed by atoms with Crippen LogP contribution in [0.3, 0.4) is 0 Å². The number of nitrogens with one attached hydrogen (secondary N) is 1. The number of rotatable bonds is 7. The van der Waals surface area contributed by atoms with Crippen LogP contribution in [0.4, 0.5) is 10.1 Å². The monoisotopic (exact) mass is 364 g/mol. The molecule has 2 unspecified atom stereocenters. The Morgan fingerprint density at radius 2 is 2.19 bits per heavy atom. The van der Waals surface area contributed by atoms with Gasteiger partial charge < -0.3 is 15.3 Å². The van der Waals surface area contributed by atoms with Gasteiger partial charge in [-0.2, -0.15) is 0 Å². The van der Waals surface area contributed by atoms with Crippen molar-refractivity contribution in [1.82, 2.24) is 5.32 Å². The van der Waals surface area contributed by atoms with Gasteiger partial charge >= 0.3 is 5.97 Å². The van der Waals surface area contributed by atoms with Gasteiger partial charge in [0.1, 0.15) is 5.67 Å². The van der Waals surface area contributed by atoms with Crippen molar-refractivity contribution in [2.75, 3.05) is 24.5 Å². The molecule has 1 aromatic carbocycles. The van der Waals surface area contributed by atoms with Crippen LogP contribution in [0.1, 0.15) is 38.3 Å². The maximum absolute atomic E-state index is 14.8. The summed E-state index contributed by atoms with van der Waals surface area (Å²) >= 11 is 0. The number of aliphatic carboxylic acids is 1. The van der Waals surface area contributed by atoms with E-state index in [1.165, 1.54) is 4.90 Å². The molecule has 2 atom stereocenters. The van der Waals surface area contributed by atoms with E-state index in [2.05, 4.69) is 5.32 Å². The molecular formula is C20H29FN2O3. The van der Waals surface area contributed by atoms with E-state index >= 15 is 0 Å². The van der Waals surface area contributed by atoms with E-state index in [1.54, 1.807) is 20.8 Å². The summed E-state index contributed by atoms with van der Waals surface area (Å²) in [6, 6.07) is 5.56. The number of amides is 1. The van der Waals surface area contributed by atoms with Gasteiger partial charge in [0.05, 0.1) is 5.41 Å². The van der Waals surface area contributed by atoms with E-state index in [-0.39, 0.29) is 12.5 Å². The van der Waals surface area contributed by atoms with Gasteiger partial charge in [0.25, 0.3) is 0 Å². The maximum Gasteiger partial charge on any atom is 0.309 e. The molecule has 0 saturated carbocycles. The van der Waals surface area contributed by atoms with Crippen molar-refractivity contribution < 1.29 is 19.1 Å². The van der Waals surface area contributed by atoms with Crippen LogP contribution in [0.5, 0.6) is 0 Å². The second-order valence-corrected chi connectivity index (χ2v) is 8.16. The first-order valence-electron chi connectivity index (χ1n) is 9.01. The number of aryl methyl sites for hydroxylation is 1. The minimum Gasteiger partial charge on any atom is -0.481 e. The Balaban J connectivity index is 2.24. The van der Waals surface area contributed by atoms with Gasteiger partial charge in [0, 0.05) is 24.7 Å². The fourth-order valence-corrected chi connectivity index (χ4v) is 3.31. The SMILES string of the molecule is Cc1ccc(N(C=O)CC2CNCCC2(C)F)cc1CC(C)(C)C(=O)O. The van der Waals surface area contributed by atoms with E-state index in [1.807, 2.05) is 25.1 Å².